The molecule has 6 heteroatoms. The Hall–Kier alpha value is -1.56. The van der Waals surface area contributed by atoms with Gasteiger partial charge in [0.25, 0.3) is 0 Å². The minimum atomic E-state index is -3.41. The second-order valence-corrected chi connectivity index (χ2v) is 6.46. The molecule has 18 heavy (non-hydrogen) atoms. The number of hydrogen-bond donors (Lipinski definition) is 3. The highest BCUT2D eigenvalue weighted by Gasteiger charge is 2.16. The van der Waals surface area contributed by atoms with Crippen molar-refractivity contribution in [1.82, 2.24) is 0 Å². The summed E-state index contributed by atoms with van der Waals surface area (Å²) in [6.07, 6.45) is 0. The van der Waals surface area contributed by atoms with E-state index < -0.39 is 10.0 Å². The molecule has 0 heterocycles. The number of sulfonamides is 1. The predicted octanol–water partition coefficient (Wildman–Crippen LogP) is 1.68. The van der Waals surface area contributed by atoms with Crippen LogP contribution in [0.15, 0.2) is 18.2 Å². The summed E-state index contributed by atoms with van der Waals surface area (Å²) in [7, 11) is -3.41. The monoisotopic (exact) mass is 269 g/mol. The third-order valence-electron chi connectivity index (χ3n) is 2.36. The number of benzene rings is 1. The van der Waals surface area contributed by atoms with E-state index in [-0.39, 0.29) is 17.5 Å². The largest absolute Gasteiger partial charge is 0.384 e. The fraction of sp³-hybridized carbons (Fsp3) is 0.417. The molecule has 4 N–H and O–H groups in total. The van der Waals surface area contributed by atoms with E-state index in [0.29, 0.717) is 11.3 Å². The quantitative estimate of drug-likeness (QED) is 0.560. The number of nitrogen functional groups attached to an aromatic ring is 1. The molecule has 0 saturated heterocycles. The Balaban J connectivity index is 3.13. The second kappa shape index (κ2) is 5.39. The van der Waals surface area contributed by atoms with Crippen molar-refractivity contribution >= 4 is 21.5 Å². The van der Waals surface area contributed by atoms with Gasteiger partial charge in [-0.1, -0.05) is 26.0 Å². The van der Waals surface area contributed by atoms with Crippen molar-refractivity contribution in [3.63, 3.8) is 0 Å². The van der Waals surface area contributed by atoms with E-state index in [1.165, 1.54) is 0 Å². The molecular weight excluding hydrogens is 250 g/mol. The van der Waals surface area contributed by atoms with E-state index in [1.54, 1.807) is 25.1 Å². The zero-order valence-electron chi connectivity index (χ0n) is 10.8. The van der Waals surface area contributed by atoms with Gasteiger partial charge < -0.3 is 5.73 Å². The maximum absolute atomic E-state index is 11.9. The van der Waals surface area contributed by atoms with Gasteiger partial charge in [-0.05, 0) is 24.5 Å². The van der Waals surface area contributed by atoms with Gasteiger partial charge >= 0.3 is 0 Å². The average molecular weight is 269 g/mol. The maximum atomic E-state index is 11.9. The molecule has 0 atom stereocenters. The minimum absolute atomic E-state index is 0.0353. The molecule has 0 saturated carbocycles. The highest BCUT2D eigenvalue weighted by atomic mass is 32.2. The summed E-state index contributed by atoms with van der Waals surface area (Å²) in [6, 6.07) is 5.13. The summed E-state index contributed by atoms with van der Waals surface area (Å²) in [6.45, 7) is 5.46. The van der Waals surface area contributed by atoms with Crippen molar-refractivity contribution in [2.24, 2.45) is 11.7 Å². The van der Waals surface area contributed by atoms with Gasteiger partial charge in [-0.15, -0.1) is 0 Å². The van der Waals surface area contributed by atoms with Crippen LogP contribution < -0.4 is 10.5 Å². The van der Waals surface area contributed by atoms with Gasteiger partial charge in [-0.3, -0.25) is 10.1 Å². The fourth-order valence-electron chi connectivity index (χ4n) is 1.76. The first-order valence-electron chi connectivity index (χ1n) is 5.67. The van der Waals surface area contributed by atoms with Crippen LogP contribution in [0.1, 0.15) is 25.0 Å². The molecule has 0 bridgehead atoms. The number of aryl methyl sites for hydroxylation is 1. The van der Waals surface area contributed by atoms with E-state index in [2.05, 4.69) is 4.72 Å². The van der Waals surface area contributed by atoms with Crippen LogP contribution in [-0.4, -0.2) is 20.0 Å². The smallest absolute Gasteiger partial charge is 0.232 e. The molecule has 5 nitrogen and oxygen atoms in total. The molecule has 100 valence electrons. The van der Waals surface area contributed by atoms with Gasteiger partial charge in [0.15, 0.2) is 0 Å². The number of hydrogen-bond acceptors (Lipinski definition) is 3. The van der Waals surface area contributed by atoms with E-state index in [9.17, 15) is 8.42 Å². The lowest BCUT2D eigenvalue weighted by Crippen LogP contribution is -2.23. The third kappa shape index (κ3) is 3.73. The third-order valence-corrected chi connectivity index (χ3v) is 4.00. The molecular formula is C12H19N3O2S. The van der Waals surface area contributed by atoms with Gasteiger partial charge in [-0.25, -0.2) is 8.42 Å². The molecule has 1 aromatic rings. The van der Waals surface area contributed by atoms with Crippen molar-refractivity contribution in [1.29, 1.82) is 5.41 Å². The number of nitrogens with one attached hydrogen (secondary N) is 2. The summed E-state index contributed by atoms with van der Waals surface area (Å²) in [5.41, 5.74) is 7.05. The van der Waals surface area contributed by atoms with Gasteiger partial charge in [0, 0.05) is 5.56 Å². The molecule has 0 aliphatic heterocycles. The number of nitrogens with two attached hydrogens (primary N) is 1. The van der Waals surface area contributed by atoms with Gasteiger partial charge in [0.2, 0.25) is 10.0 Å². The first-order chi connectivity index (χ1) is 8.23. The summed E-state index contributed by atoms with van der Waals surface area (Å²) < 4.78 is 26.2. The van der Waals surface area contributed by atoms with Gasteiger partial charge in [-0.2, -0.15) is 0 Å². The first-order valence-corrected chi connectivity index (χ1v) is 7.32. The van der Waals surface area contributed by atoms with Gasteiger partial charge in [0.1, 0.15) is 5.84 Å². The van der Waals surface area contributed by atoms with Crippen molar-refractivity contribution in [2.75, 3.05) is 10.5 Å². The SMILES string of the molecule is Cc1cccc(NS(=O)(=O)CC(C)C)c1C(=N)N. The average Bonchev–Trinajstić information content (AvgIpc) is 2.13. The van der Waals surface area contributed by atoms with Crippen LogP contribution in [0.4, 0.5) is 5.69 Å². The molecule has 0 unspecified atom stereocenters. The van der Waals surface area contributed by atoms with Crippen molar-refractivity contribution < 1.29 is 8.42 Å². The Morgan fingerprint density at radius 3 is 2.56 bits per heavy atom. The van der Waals surface area contributed by atoms with Gasteiger partial charge in [0.05, 0.1) is 11.4 Å². The minimum Gasteiger partial charge on any atom is -0.384 e. The number of rotatable bonds is 5. The molecule has 0 aliphatic rings. The number of anilines is 1. The summed E-state index contributed by atoms with van der Waals surface area (Å²) >= 11 is 0. The van der Waals surface area contributed by atoms with E-state index >= 15 is 0 Å². The van der Waals surface area contributed by atoms with E-state index in [4.69, 9.17) is 11.1 Å². The molecule has 1 aromatic carbocycles. The van der Waals surface area contributed by atoms with Crippen LogP contribution in [0.2, 0.25) is 0 Å². The topological polar surface area (TPSA) is 96.0 Å². The molecule has 0 amide bonds. The molecule has 0 spiro atoms. The molecule has 0 radical (unpaired) electrons. The molecule has 0 aromatic heterocycles. The molecule has 0 aliphatic carbocycles. The Bertz CT molecular complexity index is 550. The van der Waals surface area contributed by atoms with E-state index in [1.807, 2.05) is 13.8 Å². The first kappa shape index (κ1) is 14.5. The maximum Gasteiger partial charge on any atom is 0.232 e. The molecule has 0 fully saturated rings. The van der Waals surface area contributed by atoms with Crippen LogP contribution in [0.5, 0.6) is 0 Å². The Labute approximate surface area is 108 Å². The number of amidine groups is 1. The van der Waals surface area contributed by atoms with Crippen LogP contribution in [0.25, 0.3) is 0 Å². The zero-order valence-corrected chi connectivity index (χ0v) is 11.6. The van der Waals surface area contributed by atoms with E-state index in [0.717, 1.165) is 5.56 Å². The lowest BCUT2D eigenvalue weighted by Gasteiger charge is -2.14. The fourth-order valence-corrected chi connectivity index (χ4v) is 3.22. The molecule has 1 rings (SSSR count). The summed E-state index contributed by atoms with van der Waals surface area (Å²) in [5.74, 6) is -0.0680. The van der Waals surface area contributed by atoms with Crippen LogP contribution in [0, 0.1) is 18.3 Å². The van der Waals surface area contributed by atoms with Crippen molar-refractivity contribution in [3.05, 3.63) is 29.3 Å². The Morgan fingerprint density at radius 2 is 2.06 bits per heavy atom. The Kier molecular flexibility index (Phi) is 4.34. The second-order valence-electron chi connectivity index (χ2n) is 4.69. The van der Waals surface area contributed by atoms with Crippen LogP contribution in [0.3, 0.4) is 0 Å². The van der Waals surface area contributed by atoms with Crippen molar-refractivity contribution in [3.8, 4) is 0 Å². The standard InChI is InChI=1S/C12H19N3O2S/c1-8(2)7-18(16,17)15-10-6-4-5-9(3)11(10)12(13)14/h4-6,8,15H,7H2,1-3H3,(H3,13,14). The summed E-state index contributed by atoms with van der Waals surface area (Å²) in [5, 5.41) is 7.51. The van der Waals surface area contributed by atoms with Crippen LogP contribution in [-0.2, 0) is 10.0 Å². The summed E-state index contributed by atoms with van der Waals surface area (Å²) in [4.78, 5) is 0. The Morgan fingerprint density at radius 1 is 1.44 bits per heavy atom. The zero-order chi connectivity index (χ0) is 13.9. The lowest BCUT2D eigenvalue weighted by molar-refractivity contribution is 0.587. The van der Waals surface area contributed by atoms with Crippen molar-refractivity contribution in [2.45, 2.75) is 20.8 Å². The highest BCUT2D eigenvalue weighted by molar-refractivity contribution is 7.92. The highest BCUT2D eigenvalue weighted by Crippen LogP contribution is 2.20. The predicted molar refractivity (Wildman–Crippen MR) is 74.4 cm³/mol. The van der Waals surface area contributed by atoms with Crippen LogP contribution >= 0.6 is 0 Å². The lowest BCUT2D eigenvalue weighted by atomic mass is 10.1. The normalized spacial score (nSPS) is 11.6.